The molecule has 0 amide bonds. The zero-order valence-corrected chi connectivity index (χ0v) is 10.9. The minimum absolute atomic E-state index is 0.0711. The second-order valence-electron chi connectivity index (χ2n) is 3.67. The Morgan fingerprint density at radius 3 is 2.88 bits per heavy atom. The van der Waals surface area contributed by atoms with E-state index in [2.05, 4.69) is 17.4 Å². The quantitative estimate of drug-likeness (QED) is 0.428. The summed E-state index contributed by atoms with van der Waals surface area (Å²) in [6, 6.07) is -0.0711. The van der Waals surface area contributed by atoms with Crippen LogP contribution in [0.5, 0.6) is 0 Å². The number of hydrogen-bond acceptors (Lipinski definition) is 7. The van der Waals surface area contributed by atoms with E-state index in [1.807, 2.05) is 0 Å². The van der Waals surface area contributed by atoms with Gasteiger partial charge in [0, 0.05) is 26.0 Å². The van der Waals surface area contributed by atoms with Crippen molar-refractivity contribution in [2.45, 2.75) is 18.4 Å². The maximum atomic E-state index is 9.11. The predicted molar refractivity (Wildman–Crippen MR) is 64.9 cm³/mol. The normalized spacial score (nSPS) is 27.1. The Morgan fingerprint density at radius 1 is 1.76 bits per heavy atom. The lowest BCUT2D eigenvalue weighted by Gasteiger charge is -2.41. The Balaban J connectivity index is 2.38. The van der Waals surface area contributed by atoms with Crippen LogP contribution in [0.25, 0.3) is 0 Å². The maximum Gasteiger partial charge on any atom is 0.168 e. The first-order valence-electron chi connectivity index (χ1n) is 5.22. The monoisotopic (exact) mass is 265 g/mol. The summed E-state index contributed by atoms with van der Waals surface area (Å²) < 4.78 is 10.4. The molecule has 1 fully saturated rings. The molecule has 1 heterocycles. The van der Waals surface area contributed by atoms with Crippen molar-refractivity contribution in [2.24, 2.45) is 5.73 Å². The van der Waals surface area contributed by atoms with Crippen LogP contribution in [0.4, 0.5) is 0 Å². The number of methoxy groups -OCH3 is 1. The number of nitrogens with two attached hydrogens (primary N) is 1. The summed E-state index contributed by atoms with van der Waals surface area (Å²) in [6.45, 7) is 5.99. The van der Waals surface area contributed by atoms with Gasteiger partial charge in [-0.1, -0.05) is 6.58 Å². The molecule has 100 valence electrons. The lowest BCUT2D eigenvalue weighted by Crippen LogP contribution is -2.67. The largest absolute Gasteiger partial charge is 0.377 e. The van der Waals surface area contributed by atoms with Crippen LogP contribution in [0, 0.1) is 0 Å². The molecule has 1 saturated heterocycles. The third-order valence-electron chi connectivity index (χ3n) is 2.38. The molecular formula is C9H20N3O4P. The predicted octanol–water partition coefficient (Wildman–Crippen LogP) is -0.756. The molecule has 0 bridgehead atoms. The van der Waals surface area contributed by atoms with Gasteiger partial charge in [0.15, 0.2) is 14.6 Å². The van der Waals surface area contributed by atoms with E-state index in [1.54, 1.807) is 13.8 Å². The summed E-state index contributed by atoms with van der Waals surface area (Å²) in [7, 11) is 0.196. The lowest BCUT2D eigenvalue weighted by atomic mass is 10.1. The fraction of sp³-hybridized carbons (Fsp3) is 0.778. The first kappa shape index (κ1) is 14.8. The standard InChI is InChI=1S/C9H20N3O4P/c1-6(4-10)11-9-8(12-16-9)7(14-2)5-15-17(3)13/h7-9,11-13H,1,4-5,10H2,2-3H3. The summed E-state index contributed by atoms with van der Waals surface area (Å²) in [5.74, 6) is 0. The van der Waals surface area contributed by atoms with E-state index < -0.39 is 8.38 Å². The van der Waals surface area contributed by atoms with Crippen molar-refractivity contribution in [2.75, 3.05) is 26.9 Å². The molecule has 1 aliphatic heterocycles. The smallest absolute Gasteiger partial charge is 0.168 e. The van der Waals surface area contributed by atoms with Gasteiger partial charge >= 0.3 is 0 Å². The molecule has 1 aliphatic rings. The van der Waals surface area contributed by atoms with Gasteiger partial charge in [0.25, 0.3) is 0 Å². The van der Waals surface area contributed by atoms with E-state index in [0.29, 0.717) is 18.8 Å². The third kappa shape index (κ3) is 4.48. The van der Waals surface area contributed by atoms with E-state index >= 15 is 0 Å². The minimum atomic E-state index is -1.39. The van der Waals surface area contributed by atoms with E-state index in [0.717, 1.165) is 0 Å². The van der Waals surface area contributed by atoms with Crippen LogP contribution in [-0.4, -0.2) is 50.2 Å². The Hall–Kier alpha value is -0.270. The second kappa shape index (κ2) is 7.23. The fourth-order valence-corrected chi connectivity index (χ4v) is 1.73. The van der Waals surface area contributed by atoms with Crippen LogP contribution in [0.15, 0.2) is 12.3 Å². The number of hydrogen-bond donors (Lipinski definition) is 4. The van der Waals surface area contributed by atoms with Crippen LogP contribution >= 0.6 is 8.38 Å². The molecule has 0 radical (unpaired) electrons. The molecule has 1 rings (SSSR count). The highest BCUT2D eigenvalue weighted by Crippen LogP contribution is 2.26. The van der Waals surface area contributed by atoms with Crippen molar-refractivity contribution < 1.29 is 19.0 Å². The van der Waals surface area contributed by atoms with Gasteiger partial charge in [0.1, 0.15) is 12.1 Å². The first-order chi connectivity index (χ1) is 8.08. The van der Waals surface area contributed by atoms with Crippen molar-refractivity contribution in [1.82, 2.24) is 10.8 Å². The lowest BCUT2D eigenvalue weighted by molar-refractivity contribution is -0.215. The van der Waals surface area contributed by atoms with E-state index in [-0.39, 0.29) is 18.4 Å². The van der Waals surface area contributed by atoms with Gasteiger partial charge in [0.2, 0.25) is 0 Å². The van der Waals surface area contributed by atoms with Gasteiger partial charge in [-0.3, -0.25) is 4.84 Å². The topological polar surface area (TPSA) is 98.0 Å². The zero-order valence-electron chi connectivity index (χ0n) is 10.0. The third-order valence-corrected chi connectivity index (χ3v) is 2.90. The van der Waals surface area contributed by atoms with Crippen molar-refractivity contribution in [3.8, 4) is 0 Å². The highest BCUT2D eigenvalue weighted by atomic mass is 31.2. The van der Waals surface area contributed by atoms with E-state index in [1.165, 1.54) is 0 Å². The Bertz CT molecular complexity index is 254. The van der Waals surface area contributed by atoms with Crippen molar-refractivity contribution >= 4 is 8.38 Å². The molecule has 0 aliphatic carbocycles. The summed E-state index contributed by atoms with van der Waals surface area (Å²) in [5.41, 5.74) is 8.89. The molecule has 0 spiro atoms. The highest BCUT2D eigenvalue weighted by molar-refractivity contribution is 7.45. The molecule has 17 heavy (non-hydrogen) atoms. The van der Waals surface area contributed by atoms with Crippen LogP contribution in [-0.2, 0) is 14.1 Å². The molecule has 4 atom stereocenters. The minimum Gasteiger partial charge on any atom is -0.377 e. The van der Waals surface area contributed by atoms with Crippen LogP contribution in [0.3, 0.4) is 0 Å². The average molecular weight is 265 g/mol. The Morgan fingerprint density at radius 2 is 2.47 bits per heavy atom. The molecule has 0 aromatic heterocycles. The fourth-order valence-electron chi connectivity index (χ4n) is 1.36. The first-order valence-corrected chi connectivity index (χ1v) is 6.88. The van der Waals surface area contributed by atoms with Gasteiger partial charge in [-0.05, 0) is 0 Å². The molecule has 4 unspecified atom stereocenters. The summed E-state index contributed by atoms with van der Waals surface area (Å²) in [5, 5.41) is 3.02. The van der Waals surface area contributed by atoms with Crippen molar-refractivity contribution in [3.05, 3.63) is 12.3 Å². The number of nitrogens with one attached hydrogen (secondary N) is 2. The number of ether oxygens (including phenoxy) is 1. The summed E-state index contributed by atoms with van der Waals surface area (Å²) in [6.07, 6.45) is -0.467. The SMILES string of the molecule is C=C(CN)NC1ONC1C(COP(C)O)OC. The maximum absolute atomic E-state index is 9.11. The van der Waals surface area contributed by atoms with Crippen LogP contribution in [0.1, 0.15) is 0 Å². The van der Waals surface area contributed by atoms with Gasteiger partial charge in [-0.2, -0.15) is 5.48 Å². The molecule has 5 N–H and O–H groups in total. The molecular weight excluding hydrogens is 245 g/mol. The second-order valence-corrected chi connectivity index (χ2v) is 4.85. The van der Waals surface area contributed by atoms with E-state index in [9.17, 15) is 0 Å². The number of rotatable bonds is 8. The Labute approximate surface area is 102 Å². The molecule has 8 heteroatoms. The summed E-state index contributed by atoms with van der Waals surface area (Å²) in [4.78, 5) is 14.2. The van der Waals surface area contributed by atoms with Crippen LogP contribution in [0.2, 0.25) is 0 Å². The molecule has 0 aromatic carbocycles. The molecule has 0 aromatic rings. The van der Waals surface area contributed by atoms with Crippen molar-refractivity contribution in [1.29, 1.82) is 0 Å². The van der Waals surface area contributed by atoms with Gasteiger partial charge in [0.05, 0.1) is 6.61 Å². The van der Waals surface area contributed by atoms with Gasteiger partial charge in [-0.25, -0.2) is 0 Å². The molecule has 7 nitrogen and oxygen atoms in total. The van der Waals surface area contributed by atoms with Gasteiger partial charge in [-0.15, -0.1) is 0 Å². The average Bonchev–Trinajstić information content (AvgIpc) is 2.28. The van der Waals surface area contributed by atoms with Crippen LogP contribution < -0.4 is 16.5 Å². The highest BCUT2D eigenvalue weighted by Gasteiger charge is 2.39. The molecule has 0 saturated carbocycles. The summed E-state index contributed by atoms with van der Waals surface area (Å²) >= 11 is 0. The zero-order chi connectivity index (χ0) is 12.8. The number of hydroxylamine groups is 1. The van der Waals surface area contributed by atoms with Crippen molar-refractivity contribution in [3.63, 3.8) is 0 Å². The van der Waals surface area contributed by atoms with Gasteiger partial charge < -0.3 is 25.2 Å². The van der Waals surface area contributed by atoms with E-state index in [4.69, 9.17) is 24.7 Å². The Kier molecular flexibility index (Phi) is 6.29.